The predicted molar refractivity (Wildman–Crippen MR) is 96.6 cm³/mol. The molecular weight excluding hydrogens is 312 g/mol. The summed E-state index contributed by atoms with van der Waals surface area (Å²) < 4.78 is 5.49. The first kappa shape index (κ1) is 16.4. The van der Waals surface area contributed by atoms with E-state index in [2.05, 4.69) is 22.3 Å². The quantitative estimate of drug-likeness (QED) is 0.760. The van der Waals surface area contributed by atoms with E-state index in [0.29, 0.717) is 19.1 Å². The van der Waals surface area contributed by atoms with Gasteiger partial charge in [0, 0.05) is 12.6 Å². The molecule has 0 unspecified atom stereocenters. The van der Waals surface area contributed by atoms with Crippen molar-refractivity contribution < 1.29 is 9.21 Å². The van der Waals surface area contributed by atoms with Gasteiger partial charge in [-0.1, -0.05) is 30.3 Å². The van der Waals surface area contributed by atoms with Gasteiger partial charge in [0.15, 0.2) is 0 Å². The number of benzene rings is 1. The number of amides is 1. The van der Waals surface area contributed by atoms with E-state index in [-0.39, 0.29) is 5.91 Å². The molecule has 2 aliphatic carbocycles. The Bertz CT molecular complexity index is 663. The van der Waals surface area contributed by atoms with Gasteiger partial charge >= 0.3 is 0 Å². The van der Waals surface area contributed by atoms with Crippen LogP contribution < -0.4 is 5.32 Å². The second-order valence-electron chi connectivity index (χ2n) is 7.48. The smallest absolute Gasteiger partial charge is 0.234 e. The molecule has 2 fully saturated rings. The lowest BCUT2D eigenvalue weighted by Crippen LogP contribution is -2.43. The summed E-state index contributed by atoms with van der Waals surface area (Å²) in [5.74, 6) is 2.49. The lowest BCUT2D eigenvalue weighted by atomic mass is 10.1. The molecule has 4 rings (SSSR count). The van der Waals surface area contributed by atoms with Crippen molar-refractivity contribution in [1.82, 2.24) is 10.2 Å². The molecule has 0 spiro atoms. The lowest BCUT2D eigenvalue weighted by molar-refractivity contribution is -0.123. The van der Waals surface area contributed by atoms with E-state index in [4.69, 9.17) is 4.42 Å². The van der Waals surface area contributed by atoms with Crippen molar-refractivity contribution in [3.05, 3.63) is 60.1 Å². The van der Waals surface area contributed by atoms with Gasteiger partial charge in [-0.05, 0) is 55.2 Å². The van der Waals surface area contributed by atoms with Crippen LogP contribution in [0.5, 0.6) is 0 Å². The monoisotopic (exact) mass is 338 g/mol. The van der Waals surface area contributed by atoms with Gasteiger partial charge in [-0.25, -0.2) is 0 Å². The van der Waals surface area contributed by atoms with Gasteiger partial charge in [0.25, 0.3) is 0 Å². The molecule has 0 aliphatic heterocycles. The molecule has 0 radical (unpaired) electrons. The van der Waals surface area contributed by atoms with Crippen LogP contribution in [0, 0.1) is 11.8 Å². The van der Waals surface area contributed by atoms with E-state index in [1.54, 1.807) is 6.26 Å². The van der Waals surface area contributed by atoms with E-state index < -0.39 is 0 Å². The maximum Gasteiger partial charge on any atom is 0.234 e. The minimum absolute atomic E-state index is 0.145. The molecule has 4 heteroatoms. The van der Waals surface area contributed by atoms with Crippen molar-refractivity contribution in [2.45, 2.75) is 44.8 Å². The number of carbonyl (C=O) groups excluding carboxylic acids is 1. The summed E-state index contributed by atoms with van der Waals surface area (Å²) in [7, 11) is 0. The van der Waals surface area contributed by atoms with Crippen molar-refractivity contribution in [2.75, 3.05) is 6.54 Å². The maximum atomic E-state index is 12.7. The highest BCUT2D eigenvalue weighted by atomic mass is 16.3. The number of rotatable bonds is 9. The fraction of sp³-hybridized carbons (Fsp3) is 0.476. The van der Waals surface area contributed by atoms with Crippen LogP contribution in [0.25, 0.3) is 0 Å². The summed E-state index contributed by atoms with van der Waals surface area (Å²) >= 11 is 0. The Morgan fingerprint density at radius 3 is 2.36 bits per heavy atom. The first-order valence-corrected chi connectivity index (χ1v) is 9.36. The second kappa shape index (κ2) is 7.44. The summed E-state index contributed by atoms with van der Waals surface area (Å²) in [6, 6.07) is 14.6. The minimum atomic E-state index is 0.145. The van der Waals surface area contributed by atoms with Gasteiger partial charge in [-0.2, -0.15) is 0 Å². The molecule has 1 heterocycles. The van der Waals surface area contributed by atoms with Crippen LogP contribution in [0.2, 0.25) is 0 Å². The molecule has 132 valence electrons. The third kappa shape index (κ3) is 4.73. The average Bonchev–Trinajstić information content (AvgIpc) is 3.54. The zero-order valence-corrected chi connectivity index (χ0v) is 14.6. The molecule has 0 bridgehead atoms. The van der Waals surface area contributed by atoms with Crippen molar-refractivity contribution >= 4 is 5.91 Å². The Morgan fingerprint density at radius 2 is 1.76 bits per heavy atom. The Morgan fingerprint density at radius 1 is 1.04 bits per heavy atom. The van der Waals surface area contributed by atoms with Crippen LogP contribution in [-0.4, -0.2) is 23.4 Å². The van der Waals surface area contributed by atoms with Crippen molar-refractivity contribution in [2.24, 2.45) is 11.8 Å². The van der Waals surface area contributed by atoms with Gasteiger partial charge in [-0.15, -0.1) is 0 Å². The maximum absolute atomic E-state index is 12.7. The standard InChI is InChI=1S/C21H26N2O2/c24-20(22-21(17-8-9-17)18-10-11-18)15-23(14-19-7-4-12-25-19)13-16-5-2-1-3-6-16/h1-7,12,17-18,21H,8-11,13-15H2,(H,22,24). The molecule has 1 N–H and O–H groups in total. The third-order valence-corrected chi connectivity index (χ3v) is 5.16. The van der Waals surface area contributed by atoms with Gasteiger partial charge in [0.1, 0.15) is 5.76 Å². The molecule has 1 aromatic heterocycles. The van der Waals surface area contributed by atoms with Crippen LogP contribution in [0.15, 0.2) is 53.1 Å². The van der Waals surface area contributed by atoms with Gasteiger partial charge < -0.3 is 9.73 Å². The first-order chi connectivity index (χ1) is 12.3. The number of furan rings is 1. The highest BCUT2D eigenvalue weighted by molar-refractivity contribution is 5.78. The molecule has 1 aromatic carbocycles. The van der Waals surface area contributed by atoms with Crippen LogP contribution in [0.1, 0.15) is 37.0 Å². The Kier molecular flexibility index (Phi) is 4.88. The Balaban J connectivity index is 1.38. The van der Waals surface area contributed by atoms with Crippen LogP contribution in [0.3, 0.4) is 0 Å². The van der Waals surface area contributed by atoms with E-state index in [9.17, 15) is 4.79 Å². The number of hydrogen-bond acceptors (Lipinski definition) is 3. The molecule has 2 aromatic rings. The van der Waals surface area contributed by atoms with Crippen LogP contribution >= 0.6 is 0 Å². The summed E-state index contributed by atoms with van der Waals surface area (Å²) in [6.07, 6.45) is 6.80. The van der Waals surface area contributed by atoms with E-state index >= 15 is 0 Å². The van der Waals surface area contributed by atoms with Crippen molar-refractivity contribution in [1.29, 1.82) is 0 Å². The molecular formula is C21H26N2O2. The molecule has 1 amide bonds. The molecule has 4 nitrogen and oxygen atoms in total. The molecule has 0 saturated heterocycles. The second-order valence-corrected chi connectivity index (χ2v) is 7.48. The lowest BCUT2D eigenvalue weighted by Gasteiger charge is -2.23. The minimum Gasteiger partial charge on any atom is -0.468 e. The highest BCUT2D eigenvalue weighted by Gasteiger charge is 2.42. The third-order valence-electron chi connectivity index (χ3n) is 5.16. The predicted octanol–water partition coefficient (Wildman–Crippen LogP) is 3.59. The summed E-state index contributed by atoms with van der Waals surface area (Å²) in [5, 5.41) is 3.33. The van der Waals surface area contributed by atoms with Gasteiger partial charge in [0.2, 0.25) is 5.91 Å². The largest absolute Gasteiger partial charge is 0.468 e. The zero-order chi connectivity index (χ0) is 17.1. The summed E-state index contributed by atoms with van der Waals surface area (Å²) in [5.41, 5.74) is 1.21. The molecule has 25 heavy (non-hydrogen) atoms. The Hall–Kier alpha value is -2.07. The van der Waals surface area contributed by atoms with E-state index in [0.717, 1.165) is 24.1 Å². The number of nitrogens with zero attached hydrogens (tertiary/aromatic N) is 1. The topological polar surface area (TPSA) is 45.5 Å². The highest BCUT2D eigenvalue weighted by Crippen LogP contribution is 2.44. The normalized spacial score (nSPS) is 17.2. The van der Waals surface area contributed by atoms with Gasteiger partial charge in [0.05, 0.1) is 19.4 Å². The Labute approximate surface area is 149 Å². The number of carbonyl (C=O) groups is 1. The van der Waals surface area contributed by atoms with Crippen LogP contribution in [0.4, 0.5) is 0 Å². The summed E-state index contributed by atoms with van der Waals surface area (Å²) in [6.45, 7) is 1.80. The van der Waals surface area contributed by atoms with E-state index in [1.165, 1.54) is 31.2 Å². The van der Waals surface area contributed by atoms with E-state index in [1.807, 2.05) is 30.3 Å². The van der Waals surface area contributed by atoms with Crippen LogP contribution in [-0.2, 0) is 17.9 Å². The van der Waals surface area contributed by atoms with Gasteiger partial charge in [-0.3, -0.25) is 9.69 Å². The van der Waals surface area contributed by atoms with Crippen molar-refractivity contribution in [3.8, 4) is 0 Å². The average molecular weight is 338 g/mol. The first-order valence-electron chi connectivity index (χ1n) is 9.36. The molecule has 2 saturated carbocycles. The fourth-order valence-corrected chi connectivity index (χ4v) is 3.60. The number of hydrogen-bond donors (Lipinski definition) is 1. The number of nitrogens with one attached hydrogen (secondary N) is 1. The molecule has 2 aliphatic rings. The molecule has 0 atom stereocenters. The SMILES string of the molecule is O=C(CN(Cc1ccccc1)Cc1ccco1)NC(C1CC1)C1CC1. The summed E-state index contributed by atoms with van der Waals surface area (Å²) in [4.78, 5) is 14.8. The van der Waals surface area contributed by atoms with Crippen molar-refractivity contribution in [3.63, 3.8) is 0 Å². The fourth-order valence-electron chi connectivity index (χ4n) is 3.60. The zero-order valence-electron chi connectivity index (χ0n) is 14.6.